The highest BCUT2D eigenvalue weighted by atomic mass is 16.1. The number of carbonyl (C=O) groups is 2. The van der Waals surface area contributed by atoms with Crippen molar-refractivity contribution in [3.05, 3.63) is 53.7 Å². The van der Waals surface area contributed by atoms with Crippen LogP contribution in [-0.2, 0) is 0 Å². The van der Waals surface area contributed by atoms with Gasteiger partial charge in [0.2, 0.25) is 0 Å². The van der Waals surface area contributed by atoms with Gasteiger partial charge in [-0.3, -0.25) is 9.59 Å². The lowest BCUT2D eigenvalue weighted by Crippen LogP contribution is -2.16. The highest BCUT2D eigenvalue weighted by molar-refractivity contribution is 6.10. The van der Waals surface area contributed by atoms with Crippen molar-refractivity contribution < 1.29 is 9.59 Å². The summed E-state index contributed by atoms with van der Waals surface area (Å²) in [6.45, 7) is 1.45. The third-order valence-electron chi connectivity index (χ3n) is 2.64. The Balaban J connectivity index is 2.30. The summed E-state index contributed by atoms with van der Waals surface area (Å²) in [5.41, 5.74) is 6.83. The number of Topliss-reactive ketones (excluding diaryl/α,β-unsaturated/α-hetero) is 1. The van der Waals surface area contributed by atoms with Crippen LogP contribution in [-0.4, -0.2) is 16.7 Å². The van der Waals surface area contributed by atoms with Gasteiger partial charge in [-0.2, -0.15) is 0 Å². The lowest BCUT2D eigenvalue weighted by molar-refractivity contribution is 0.101. The number of nitrogens with zero attached hydrogens (tertiary/aromatic N) is 1. The maximum Gasteiger partial charge on any atom is 0.259 e. The van der Waals surface area contributed by atoms with E-state index in [2.05, 4.69) is 10.3 Å². The number of amides is 1. The number of nitrogens with two attached hydrogens (primary N) is 1. The number of ketones is 1. The second kappa shape index (κ2) is 5.30. The van der Waals surface area contributed by atoms with Crippen molar-refractivity contribution in [2.45, 2.75) is 6.92 Å². The molecule has 0 aliphatic heterocycles. The van der Waals surface area contributed by atoms with Gasteiger partial charge < -0.3 is 11.1 Å². The van der Waals surface area contributed by atoms with Crippen LogP contribution < -0.4 is 11.1 Å². The molecular weight excluding hydrogens is 242 g/mol. The van der Waals surface area contributed by atoms with Gasteiger partial charge in [-0.05, 0) is 31.2 Å². The van der Waals surface area contributed by atoms with Gasteiger partial charge in [0.1, 0.15) is 5.82 Å². The fourth-order valence-corrected chi connectivity index (χ4v) is 1.70. The maximum absolute atomic E-state index is 12.1. The second-order valence-electron chi connectivity index (χ2n) is 3.99. The molecule has 5 heteroatoms. The van der Waals surface area contributed by atoms with Gasteiger partial charge >= 0.3 is 0 Å². The van der Waals surface area contributed by atoms with Crippen LogP contribution >= 0.6 is 0 Å². The van der Waals surface area contributed by atoms with Crippen molar-refractivity contribution in [3.8, 4) is 0 Å². The SMILES string of the molecule is CC(=O)c1ccccc1NC(=O)c1cccnc1N. The number of hydrogen-bond donors (Lipinski definition) is 2. The number of hydrogen-bond acceptors (Lipinski definition) is 4. The maximum atomic E-state index is 12.1. The second-order valence-corrected chi connectivity index (χ2v) is 3.99. The van der Waals surface area contributed by atoms with Gasteiger partial charge in [-0.1, -0.05) is 12.1 Å². The highest BCUT2D eigenvalue weighted by Crippen LogP contribution is 2.17. The summed E-state index contributed by atoms with van der Waals surface area (Å²) < 4.78 is 0. The topological polar surface area (TPSA) is 85.1 Å². The number of benzene rings is 1. The molecule has 1 aromatic carbocycles. The fraction of sp³-hybridized carbons (Fsp3) is 0.0714. The predicted molar refractivity (Wildman–Crippen MR) is 73.0 cm³/mol. The summed E-state index contributed by atoms with van der Waals surface area (Å²) >= 11 is 0. The standard InChI is InChI=1S/C14H13N3O2/c1-9(18)10-5-2-3-7-12(10)17-14(19)11-6-4-8-16-13(11)15/h2-8H,1H3,(H2,15,16)(H,17,19). The molecule has 0 spiro atoms. The third-order valence-corrected chi connectivity index (χ3v) is 2.64. The van der Waals surface area contributed by atoms with Gasteiger partial charge in [0.15, 0.2) is 5.78 Å². The first-order chi connectivity index (χ1) is 9.09. The first-order valence-electron chi connectivity index (χ1n) is 5.71. The van der Waals surface area contributed by atoms with E-state index in [0.29, 0.717) is 11.3 Å². The summed E-state index contributed by atoms with van der Waals surface area (Å²) in [6, 6.07) is 10.0. The van der Waals surface area contributed by atoms with E-state index >= 15 is 0 Å². The highest BCUT2D eigenvalue weighted by Gasteiger charge is 2.13. The Morgan fingerprint density at radius 1 is 1.11 bits per heavy atom. The molecule has 0 fully saturated rings. The van der Waals surface area contributed by atoms with E-state index < -0.39 is 0 Å². The minimum Gasteiger partial charge on any atom is -0.383 e. The fourth-order valence-electron chi connectivity index (χ4n) is 1.70. The molecule has 0 radical (unpaired) electrons. The largest absolute Gasteiger partial charge is 0.383 e. The number of aromatic nitrogens is 1. The summed E-state index contributed by atoms with van der Waals surface area (Å²) in [4.78, 5) is 27.4. The molecule has 5 nitrogen and oxygen atoms in total. The average molecular weight is 255 g/mol. The van der Waals surface area contributed by atoms with E-state index in [0.717, 1.165) is 0 Å². The molecule has 1 aromatic heterocycles. The molecular formula is C14H13N3O2. The predicted octanol–water partition coefficient (Wildman–Crippen LogP) is 2.12. The van der Waals surface area contributed by atoms with Crippen molar-refractivity contribution in [1.82, 2.24) is 4.98 Å². The quantitative estimate of drug-likeness (QED) is 0.822. The lowest BCUT2D eigenvalue weighted by Gasteiger charge is -2.09. The Morgan fingerprint density at radius 2 is 1.79 bits per heavy atom. The molecule has 1 heterocycles. The Bertz CT molecular complexity index is 638. The zero-order valence-corrected chi connectivity index (χ0v) is 10.4. The Labute approximate surface area is 110 Å². The van der Waals surface area contributed by atoms with Gasteiger partial charge in [0, 0.05) is 11.8 Å². The van der Waals surface area contributed by atoms with Crippen LogP contribution in [0.4, 0.5) is 11.5 Å². The first-order valence-corrected chi connectivity index (χ1v) is 5.71. The van der Waals surface area contributed by atoms with Crippen LogP contribution in [0.5, 0.6) is 0 Å². The van der Waals surface area contributed by atoms with Crippen molar-refractivity contribution in [2.24, 2.45) is 0 Å². The minimum atomic E-state index is -0.390. The number of nitrogens with one attached hydrogen (secondary N) is 1. The van der Waals surface area contributed by atoms with Crippen LogP contribution in [0.1, 0.15) is 27.6 Å². The molecule has 2 aromatic rings. The number of para-hydroxylation sites is 1. The Hall–Kier alpha value is -2.69. The summed E-state index contributed by atoms with van der Waals surface area (Å²) in [7, 11) is 0. The zero-order valence-electron chi connectivity index (χ0n) is 10.4. The number of anilines is 2. The molecule has 2 rings (SSSR count). The minimum absolute atomic E-state index is 0.116. The molecule has 0 aliphatic rings. The molecule has 0 saturated carbocycles. The molecule has 0 saturated heterocycles. The lowest BCUT2D eigenvalue weighted by atomic mass is 10.1. The molecule has 3 N–H and O–H groups in total. The van der Waals surface area contributed by atoms with E-state index in [1.807, 2.05) is 0 Å². The van der Waals surface area contributed by atoms with Crippen molar-refractivity contribution in [2.75, 3.05) is 11.1 Å². The molecule has 1 amide bonds. The third kappa shape index (κ3) is 2.77. The first kappa shape index (κ1) is 12.8. The van der Waals surface area contributed by atoms with Gasteiger partial charge in [0.05, 0.1) is 11.3 Å². The molecule has 19 heavy (non-hydrogen) atoms. The van der Waals surface area contributed by atoms with Crippen molar-refractivity contribution in [3.63, 3.8) is 0 Å². The summed E-state index contributed by atoms with van der Waals surface area (Å²) in [5.74, 6) is -0.352. The number of nitrogen functional groups attached to an aromatic ring is 1. The summed E-state index contributed by atoms with van der Waals surface area (Å²) in [5, 5.41) is 2.67. The smallest absolute Gasteiger partial charge is 0.259 e. The van der Waals surface area contributed by atoms with E-state index in [4.69, 9.17) is 5.73 Å². The van der Waals surface area contributed by atoms with Crippen LogP contribution in [0, 0.1) is 0 Å². The summed E-state index contributed by atoms with van der Waals surface area (Å²) in [6.07, 6.45) is 1.51. The van der Waals surface area contributed by atoms with Crippen molar-refractivity contribution >= 4 is 23.2 Å². The van der Waals surface area contributed by atoms with Gasteiger partial charge in [-0.25, -0.2) is 4.98 Å². The van der Waals surface area contributed by atoms with E-state index in [1.165, 1.54) is 13.1 Å². The zero-order chi connectivity index (χ0) is 13.8. The number of pyridine rings is 1. The molecule has 0 bridgehead atoms. The molecule has 0 aliphatic carbocycles. The number of rotatable bonds is 3. The Kier molecular flexibility index (Phi) is 3.56. The van der Waals surface area contributed by atoms with E-state index in [1.54, 1.807) is 36.4 Å². The van der Waals surface area contributed by atoms with Crippen LogP contribution in [0.3, 0.4) is 0 Å². The average Bonchev–Trinajstić information content (AvgIpc) is 2.39. The number of carbonyl (C=O) groups excluding carboxylic acids is 2. The normalized spacial score (nSPS) is 9.95. The monoisotopic (exact) mass is 255 g/mol. The molecule has 0 atom stereocenters. The van der Waals surface area contributed by atoms with E-state index in [-0.39, 0.29) is 23.1 Å². The molecule has 0 unspecified atom stereocenters. The van der Waals surface area contributed by atoms with Crippen LogP contribution in [0.15, 0.2) is 42.6 Å². The Morgan fingerprint density at radius 3 is 2.47 bits per heavy atom. The van der Waals surface area contributed by atoms with Gasteiger partial charge in [-0.15, -0.1) is 0 Å². The van der Waals surface area contributed by atoms with Crippen molar-refractivity contribution in [1.29, 1.82) is 0 Å². The molecule has 96 valence electrons. The van der Waals surface area contributed by atoms with Crippen LogP contribution in [0.2, 0.25) is 0 Å². The van der Waals surface area contributed by atoms with E-state index in [9.17, 15) is 9.59 Å². The van der Waals surface area contributed by atoms with Gasteiger partial charge in [0.25, 0.3) is 5.91 Å². The van der Waals surface area contributed by atoms with Crippen LogP contribution in [0.25, 0.3) is 0 Å².